The first kappa shape index (κ1) is 38.1. The van der Waals surface area contributed by atoms with Crippen molar-refractivity contribution in [3.05, 3.63) is 102 Å². The molecule has 3 aliphatic rings. The average Bonchev–Trinajstić information content (AvgIpc) is 3.46. The van der Waals surface area contributed by atoms with Crippen LogP contribution in [0, 0.1) is 30.1 Å². The monoisotopic (exact) mass is 733 g/mol. The van der Waals surface area contributed by atoms with E-state index in [0.717, 1.165) is 53.8 Å². The van der Waals surface area contributed by atoms with E-state index in [1.807, 2.05) is 96.8 Å². The molecule has 0 aromatic heterocycles. The van der Waals surface area contributed by atoms with Crippen molar-refractivity contribution >= 4 is 41.1 Å². The van der Waals surface area contributed by atoms with E-state index in [-0.39, 0.29) is 29.0 Å². The summed E-state index contributed by atoms with van der Waals surface area (Å²) in [6, 6.07) is 28.0. The predicted octanol–water partition coefficient (Wildman–Crippen LogP) is 6.35. The highest BCUT2D eigenvalue weighted by atomic mass is 32.2. The van der Waals surface area contributed by atoms with Crippen molar-refractivity contribution in [1.82, 2.24) is 15.5 Å². The molecular formula is C43H51N5O4S. The molecule has 3 heterocycles. The van der Waals surface area contributed by atoms with Gasteiger partial charge in [-0.05, 0) is 106 Å². The third-order valence-electron chi connectivity index (χ3n) is 11.0. The van der Waals surface area contributed by atoms with Gasteiger partial charge in [-0.2, -0.15) is 5.26 Å². The van der Waals surface area contributed by atoms with Crippen LogP contribution in [0.25, 0.3) is 0 Å². The predicted molar refractivity (Wildman–Crippen MR) is 209 cm³/mol. The van der Waals surface area contributed by atoms with Gasteiger partial charge in [0, 0.05) is 24.1 Å². The molecule has 0 aliphatic carbocycles. The van der Waals surface area contributed by atoms with Gasteiger partial charge in [-0.1, -0.05) is 78.9 Å². The van der Waals surface area contributed by atoms with Crippen LogP contribution in [0.2, 0.25) is 0 Å². The molecule has 3 aliphatic heterocycles. The summed E-state index contributed by atoms with van der Waals surface area (Å²) in [6.07, 6.45) is 6.95. The zero-order valence-corrected chi connectivity index (χ0v) is 31.4. The summed E-state index contributed by atoms with van der Waals surface area (Å²) < 4.78 is 0. The molecule has 3 fully saturated rings. The van der Waals surface area contributed by atoms with E-state index in [1.165, 1.54) is 0 Å². The highest BCUT2D eigenvalue weighted by Crippen LogP contribution is 2.34. The lowest BCUT2D eigenvalue weighted by Crippen LogP contribution is -2.55. The van der Waals surface area contributed by atoms with Gasteiger partial charge in [0.05, 0.1) is 11.4 Å². The maximum atomic E-state index is 14.3. The Hall–Kier alpha value is -4.62. The lowest BCUT2D eigenvalue weighted by molar-refractivity contribution is -0.140. The molecule has 3 aromatic carbocycles. The zero-order chi connectivity index (χ0) is 37.2. The maximum absolute atomic E-state index is 14.3. The van der Waals surface area contributed by atoms with E-state index >= 15 is 0 Å². The molecule has 6 atom stereocenters. The zero-order valence-electron chi connectivity index (χ0n) is 30.6. The van der Waals surface area contributed by atoms with E-state index in [1.54, 1.807) is 16.7 Å². The van der Waals surface area contributed by atoms with Gasteiger partial charge < -0.3 is 20.4 Å². The van der Waals surface area contributed by atoms with Crippen molar-refractivity contribution in [2.24, 2.45) is 11.8 Å². The molecule has 6 rings (SSSR count). The molecule has 2 N–H and O–H groups in total. The average molecular weight is 734 g/mol. The number of carbonyl (C=O) groups is 4. The van der Waals surface area contributed by atoms with Crippen LogP contribution in [-0.4, -0.2) is 64.3 Å². The van der Waals surface area contributed by atoms with Gasteiger partial charge in [0.15, 0.2) is 0 Å². The van der Waals surface area contributed by atoms with Gasteiger partial charge in [0.1, 0.15) is 18.1 Å². The summed E-state index contributed by atoms with van der Waals surface area (Å²) in [5, 5.41) is 16.1. The molecular weight excluding hydrogens is 683 g/mol. The first-order valence-electron chi connectivity index (χ1n) is 19.2. The van der Waals surface area contributed by atoms with Crippen LogP contribution in [0.1, 0.15) is 74.5 Å². The smallest absolute Gasteiger partial charge is 0.249 e. The number of amides is 4. The Bertz CT molecular complexity index is 1760. The van der Waals surface area contributed by atoms with E-state index in [9.17, 15) is 24.4 Å². The molecule has 0 radical (unpaired) electrons. The number of hydrogen-bond acceptors (Lipinski definition) is 6. The maximum Gasteiger partial charge on any atom is 0.249 e. The van der Waals surface area contributed by atoms with Crippen molar-refractivity contribution in [2.75, 3.05) is 17.2 Å². The Kier molecular flexibility index (Phi) is 13.2. The Balaban J connectivity index is 1.20. The molecule has 3 aromatic rings. The number of aryl methyl sites for hydroxylation is 1. The molecule has 3 saturated heterocycles. The van der Waals surface area contributed by atoms with Crippen molar-refractivity contribution in [1.29, 1.82) is 5.26 Å². The Morgan fingerprint density at radius 3 is 1.94 bits per heavy atom. The number of thioether (sulfide) groups is 1. The van der Waals surface area contributed by atoms with Crippen LogP contribution < -0.4 is 15.5 Å². The van der Waals surface area contributed by atoms with E-state index in [2.05, 4.69) is 16.7 Å². The third-order valence-corrected chi connectivity index (χ3v) is 12.3. The summed E-state index contributed by atoms with van der Waals surface area (Å²) in [5.74, 6) is -0.919. The van der Waals surface area contributed by atoms with Gasteiger partial charge >= 0.3 is 0 Å². The minimum Gasteiger partial charge on any atom is -0.344 e. The summed E-state index contributed by atoms with van der Waals surface area (Å²) in [6.45, 7) is 2.61. The van der Waals surface area contributed by atoms with E-state index < -0.39 is 30.0 Å². The number of nitrogens with one attached hydrogen (secondary N) is 2. The molecule has 4 amide bonds. The lowest BCUT2D eigenvalue weighted by Gasteiger charge is -2.38. The van der Waals surface area contributed by atoms with Gasteiger partial charge in [-0.15, -0.1) is 11.8 Å². The van der Waals surface area contributed by atoms with Crippen molar-refractivity contribution < 1.29 is 19.2 Å². The standard InChI is InChI=1S/C43H51N5O4S/c1-30-13-8-9-20-38(30)47-25-11-10-19-36(42(47)51)45-40(49)33(27-31-14-4-2-5-15-31)22-23-34(28-32-16-6-3-7-17-32)41(50)46-37-24-26-53-39-21-12-18-35(29-44)48(39)43(37)52/h2-9,13-17,20,33-37,39H,10-12,18-19,21-28H2,1H3,(H,45,49)(H,46,50)/t33-,34-,35?,36+,37+,39+/m1/s1. The number of nitrogens with zero attached hydrogens (tertiary/aromatic N) is 3. The Labute approximate surface area is 317 Å². The first-order chi connectivity index (χ1) is 25.8. The largest absolute Gasteiger partial charge is 0.344 e. The summed E-state index contributed by atoms with van der Waals surface area (Å²) in [7, 11) is 0. The molecule has 0 spiro atoms. The normalized spacial score (nSPS) is 23.1. The van der Waals surface area contributed by atoms with Gasteiger partial charge in [0.25, 0.3) is 0 Å². The number of benzene rings is 3. The number of rotatable bonds is 12. The molecule has 53 heavy (non-hydrogen) atoms. The molecule has 1 unspecified atom stereocenters. The van der Waals surface area contributed by atoms with Crippen LogP contribution in [0.4, 0.5) is 5.69 Å². The fourth-order valence-corrected chi connectivity index (χ4v) is 9.41. The summed E-state index contributed by atoms with van der Waals surface area (Å²) in [5.41, 5.74) is 3.90. The van der Waals surface area contributed by atoms with Crippen LogP contribution in [0.3, 0.4) is 0 Å². The van der Waals surface area contributed by atoms with E-state index in [4.69, 9.17) is 0 Å². The second-order valence-electron chi connectivity index (χ2n) is 14.7. The minimum atomic E-state index is -0.701. The number of para-hydroxylation sites is 1. The quantitative estimate of drug-likeness (QED) is 0.224. The number of piperidine rings is 1. The van der Waals surface area contributed by atoms with Gasteiger partial charge in [-0.3, -0.25) is 19.2 Å². The van der Waals surface area contributed by atoms with Crippen molar-refractivity contribution in [3.63, 3.8) is 0 Å². The second-order valence-corrected chi connectivity index (χ2v) is 16.0. The minimum absolute atomic E-state index is 0.0377. The fraction of sp³-hybridized carbons (Fsp3) is 0.465. The van der Waals surface area contributed by atoms with Crippen molar-refractivity contribution in [3.8, 4) is 6.07 Å². The van der Waals surface area contributed by atoms with Crippen LogP contribution >= 0.6 is 11.8 Å². The molecule has 0 saturated carbocycles. The second kappa shape index (κ2) is 18.4. The summed E-state index contributed by atoms with van der Waals surface area (Å²) >= 11 is 1.70. The highest BCUT2D eigenvalue weighted by molar-refractivity contribution is 7.99. The number of nitriles is 1. The molecule has 0 bridgehead atoms. The Morgan fingerprint density at radius 2 is 1.34 bits per heavy atom. The topological polar surface area (TPSA) is 123 Å². The number of carbonyl (C=O) groups excluding carboxylic acids is 4. The lowest BCUT2D eigenvalue weighted by atomic mass is 9.86. The van der Waals surface area contributed by atoms with Crippen molar-refractivity contribution in [2.45, 2.75) is 101 Å². The number of anilines is 1. The van der Waals surface area contributed by atoms with Gasteiger partial charge in [-0.25, -0.2) is 0 Å². The van der Waals surface area contributed by atoms with Crippen LogP contribution in [-0.2, 0) is 32.0 Å². The number of hydrogen-bond donors (Lipinski definition) is 2. The van der Waals surface area contributed by atoms with Gasteiger partial charge in [0.2, 0.25) is 23.6 Å². The van der Waals surface area contributed by atoms with Crippen LogP contribution in [0.5, 0.6) is 0 Å². The molecule has 9 nitrogen and oxygen atoms in total. The Morgan fingerprint density at radius 1 is 0.755 bits per heavy atom. The molecule has 278 valence electrons. The third kappa shape index (κ3) is 9.68. The number of fused-ring (bicyclic) bond motifs is 1. The fourth-order valence-electron chi connectivity index (χ4n) is 8.02. The molecule has 10 heteroatoms. The van der Waals surface area contributed by atoms with Crippen LogP contribution in [0.15, 0.2) is 84.9 Å². The first-order valence-corrected chi connectivity index (χ1v) is 20.3. The SMILES string of the molecule is Cc1ccccc1N1CCCC[C@H](NC(=O)[C@H](CC[C@H](Cc2ccccc2)C(=O)N[C@H]2CCS[C@H]3CCCC(C#N)N3C2=O)Cc2ccccc2)C1=O. The van der Waals surface area contributed by atoms with E-state index in [0.29, 0.717) is 51.5 Å². The highest BCUT2D eigenvalue weighted by Gasteiger charge is 2.41. The summed E-state index contributed by atoms with van der Waals surface area (Å²) in [4.78, 5) is 59.8.